The lowest BCUT2D eigenvalue weighted by molar-refractivity contribution is -0.0541. The number of rotatable bonds is 7. The van der Waals surface area contributed by atoms with E-state index in [0.29, 0.717) is 0 Å². The zero-order valence-electron chi connectivity index (χ0n) is 11.2. The Labute approximate surface area is 116 Å². The summed E-state index contributed by atoms with van der Waals surface area (Å²) in [5.74, 6) is -0.629. The van der Waals surface area contributed by atoms with Crippen LogP contribution in [-0.4, -0.2) is 41.3 Å². The predicted molar refractivity (Wildman–Crippen MR) is 64.7 cm³/mol. The lowest BCUT2D eigenvalue weighted by atomic mass is 9.99. The molecule has 0 saturated heterocycles. The first kappa shape index (κ1) is 19.6. The summed E-state index contributed by atoms with van der Waals surface area (Å²) in [4.78, 5) is 0. The van der Waals surface area contributed by atoms with E-state index in [1.165, 1.54) is 0 Å². The average molecular weight is 342 g/mol. The van der Waals surface area contributed by atoms with Gasteiger partial charge in [-0.3, -0.25) is 8.37 Å². The summed E-state index contributed by atoms with van der Waals surface area (Å²) in [7, 11) is -9.61. The molecule has 0 radical (unpaired) electrons. The molecule has 0 atom stereocenters. The Hall–Kier alpha value is -0.390. The van der Waals surface area contributed by atoms with Crippen LogP contribution in [0.15, 0.2) is 0 Å². The molecule has 0 aromatic rings. The van der Waals surface area contributed by atoms with Gasteiger partial charge in [-0.05, 0) is 11.8 Å². The quantitative estimate of drug-likeness (QED) is 0.397. The summed E-state index contributed by atoms with van der Waals surface area (Å²) < 4.78 is 87.7. The van der Waals surface area contributed by atoms with Gasteiger partial charge in [0.05, 0.1) is 19.0 Å². The van der Waals surface area contributed by atoms with E-state index >= 15 is 0 Å². The van der Waals surface area contributed by atoms with Crippen molar-refractivity contribution in [1.82, 2.24) is 0 Å². The minimum Gasteiger partial charge on any atom is -0.270 e. The number of hydrogen-bond acceptors (Lipinski definition) is 6. The van der Waals surface area contributed by atoms with Gasteiger partial charge in [0, 0.05) is 0 Å². The molecule has 0 aromatic heterocycles. The molecular formula is C9H17F3O6S2. The Morgan fingerprint density at radius 3 is 1.85 bits per heavy atom. The van der Waals surface area contributed by atoms with Crippen molar-refractivity contribution in [3.63, 3.8) is 0 Å². The molecular weight excluding hydrogens is 325 g/mol. The normalized spacial score (nSPS) is 14.5. The summed E-state index contributed by atoms with van der Waals surface area (Å²) >= 11 is 0. The van der Waals surface area contributed by atoms with E-state index in [1.54, 1.807) is 20.8 Å². The van der Waals surface area contributed by atoms with E-state index in [9.17, 15) is 30.0 Å². The molecule has 122 valence electrons. The molecule has 6 nitrogen and oxygen atoms in total. The monoisotopic (exact) mass is 342 g/mol. The standard InChI is InChI=1S/C9H17F3O6S2/c1-8(2,3)7-18-19(13,14)6-4-5-17-20(15,16)9(10,11)12/h4-7H2,1-3H3. The van der Waals surface area contributed by atoms with Crippen molar-refractivity contribution in [1.29, 1.82) is 0 Å². The van der Waals surface area contributed by atoms with E-state index < -0.39 is 49.9 Å². The zero-order chi connectivity index (χ0) is 16.2. The summed E-state index contributed by atoms with van der Waals surface area (Å²) in [5.41, 5.74) is -5.92. The van der Waals surface area contributed by atoms with E-state index in [0.717, 1.165) is 0 Å². The number of halogens is 3. The van der Waals surface area contributed by atoms with Crippen LogP contribution in [-0.2, 0) is 28.6 Å². The Morgan fingerprint density at radius 1 is 0.950 bits per heavy atom. The maximum atomic E-state index is 11.9. The molecule has 0 heterocycles. The largest absolute Gasteiger partial charge is 0.523 e. The van der Waals surface area contributed by atoms with E-state index in [1.807, 2.05) is 0 Å². The van der Waals surface area contributed by atoms with Crippen molar-refractivity contribution in [3.8, 4) is 0 Å². The third-order valence-electron chi connectivity index (χ3n) is 1.73. The Bertz CT molecular complexity index is 501. The topological polar surface area (TPSA) is 86.7 Å². The van der Waals surface area contributed by atoms with Crippen LogP contribution in [0.3, 0.4) is 0 Å². The predicted octanol–water partition coefficient (Wildman–Crippen LogP) is 1.64. The Kier molecular flexibility index (Phi) is 6.45. The third-order valence-corrected chi connectivity index (χ3v) is 4.04. The summed E-state index contributed by atoms with van der Waals surface area (Å²) in [6, 6.07) is 0. The summed E-state index contributed by atoms with van der Waals surface area (Å²) in [6.45, 7) is 4.24. The van der Waals surface area contributed by atoms with Crippen molar-refractivity contribution in [2.24, 2.45) is 5.41 Å². The van der Waals surface area contributed by atoms with Crippen LogP contribution >= 0.6 is 0 Å². The van der Waals surface area contributed by atoms with Crippen molar-refractivity contribution in [2.45, 2.75) is 32.7 Å². The first-order valence-electron chi connectivity index (χ1n) is 5.49. The molecule has 0 aliphatic carbocycles. The van der Waals surface area contributed by atoms with Crippen molar-refractivity contribution in [3.05, 3.63) is 0 Å². The molecule has 0 aromatic carbocycles. The molecule has 0 rings (SSSR count). The van der Waals surface area contributed by atoms with Gasteiger partial charge in [-0.1, -0.05) is 20.8 Å². The maximum absolute atomic E-state index is 11.9. The number of alkyl halides is 3. The second kappa shape index (κ2) is 6.58. The molecule has 0 saturated carbocycles. The van der Waals surface area contributed by atoms with Gasteiger partial charge in [-0.15, -0.1) is 0 Å². The van der Waals surface area contributed by atoms with Gasteiger partial charge in [-0.2, -0.15) is 30.0 Å². The van der Waals surface area contributed by atoms with Crippen LogP contribution in [0, 0.1) is 5.41 Å². The second-order valence-corrected chi connectivity index (χ2v) is 8.53. The molecule has 0 unspecified atom stereocenters. The zero-order valence-corrected chi connectivity index (χ0v) is 12.9. The van der Waals surface area contributed by atoms with Crippen molar-refractivity contribution < 1.29 is 38.4 Å². The minimum atomic E-state index is -5.69. The average Bonchev–Trinajstić information content (AvgIpc) is 2.19. The minimum absolute atomic E-state index is 0.0863. The molecule has 0 amide bonds. The van der Waals surface area contributed by atoms with Crippen LogP contribution in [0.2, 0.25) is 0 Å². The maximum Gasteiger partial charge on any atom is 0.523 e. The molecule has 20 heavy (non-hydrogen) atoms. The van der Waals surface area contributed by atoms with E-state index in [4.69, 9.17) is 0 Å². The van der Waals surface area contributed by atoms with E-state index in [-0.39, 0.29) is 6.61 Å². The summed E-state index contributed by atoms with van der Waals surface area (Å²) in [6.07, 6.45) is -0.429. The Morgan fingerprint density at radius 2 is 1.45 bits per heavy atom. The second-order valence-electron chi connectivity index (χ2n) is 5.16. The van der Waals surface area contributed by atoms with Gasteiger partial charge in [0.25, 0.3) is 10.1 Å². The third kappa shape index (κ3) is 8.02. The van der Waals surface area contributed by atoms with Gasteiger partial charge < -0.3 is 0 Å². The van der Waals surface area contributed by atoms with Gasteiger partial charge in [0.2, 0.25) is 0 Å². The molecule has 0 fully saturated rings. The molecule has 0 spiro atoms. The van der Waals surface area contributed by atoms with Crippen LogP contribution in [0.25, 0.3) is 0 Å². The highest BCUT2D eigenvalue weighted by molar-refractivity contribution is 7.87. The molecule has 11 heteroatoms. The van der Waals surface area contributed by atoms with Gasteiger partial charge in [-0.25, -0.2) is 0 Å². The van der Waals surface area contributed by atoms with Crippen LogP contribution in [0.4, 0.5) is 13.2 Å². The van der Waals surface area contributed by atoms with Gasteiger partial charge in [0.15, 0.2) is 0 Å². The highest BCUT2D eigenvalue weighted by Crippen LogP contribution is 2.24. The van der Waals surface area contributed by atoms with Gasteiger partial charge in [0.1, 0.15) is 0 Å². The van der Waals surface area contributed by atoms with Crippen LogP contribution in [0.1, 0.15) is 27.2 Å². The molecule has 0 N–H and O–H groups in total. The lowest BCUT2D eigenvalue weighted by Gasteiger charge is -2.17. The van der Waals surface area contributed by atoms with Crippen molar-refractivity contribution in [2.75, 3.05) is 19.0 Å². The Balaban J connectivity index is 4.20. The summed E-state index contributed by atoms with van der Waals surface area (Å²) in [5, 5.41) is 0. The van der Waals surface area contributed by atoms with E-state index in [2.05, 4.69) is 8.37 Å². The number of hydrogen-bond donors (Lipinski definition) is 0. The first-order chi connectivity index (χ1) is 8.66. The smallest absolute Gasteiger partial charge is 0.270 e. The fourth-order valence-corrected chi connectivity index (χ4v) is 2.39. The fourth-order valence-electron chi connectivity index (χ4n) is 0.797. The van der Waals surface area contributed by atoms with Crippen LogP contribution in [0.5, 0.6) is 0 Å². The SMILES string of the molecule is CC(C)(C)COS(=O)(=O)CCCOS(=O)(=O)C(F)(F)F. The van der Waals surface area contributed by atoms with Gasteiger partial charge >= 0.3 is 15.6 Å². The van der Waals surface area contributed by atoms with Crippen molar-refractivity contribution >= 4 is 20.2 Å². The first-order valence-corrected chi connectivity index (χ1v) is 8.48. The highest BCUT2D eigenvalue weighted by Gasteiger charge is 2.47. The fraction of sp³-hybridized carbons (Fsp3) is 1.00. The highest BCUT2D eigenvalue weighted by atomic mass is 32.2. The van der Waals surface area contributed by atoms with Crippen LogP contribution < -0.4 is 0 Å². The lowest BCUT2D eigenvalue weighted by Crippen LogP contribution is -2.26. The molecule has 0 bridgehead atoms. The molecule has 0 aliphatic rings. The molecule has 0 aliphatic heterocycles.